The summed E-state index contributed by atoms with van der Waals surface area (Å²) >= 11 is 0. The van der Waals surface area contributed by atoms with Crippen molar-refractivity contribution in [3.8, 4) is 28.3 Å². The highest BCUT2D eigenvalue weighted by Crippen LogP contribution is 2.24. The van der Waals surface area contributed by atoms with Crippen molar-refractivity contribution in [2.75, 3.05) is 0 Å². The number of rotatable bonds is 6. The van der Waals surface area contributed by atoms with Gasteiger partial charge in [-0.3, -0.25) is 13.9 Å². The summed E-state index contributed by atoms with van der Waals surface area (Å²) in [6.45, 7) is 0.0336. The van der Waals surface area contributed by atoms with Gasteiger partial charge in [-0.05, 0) is 78.4 Å². The van der Waals surface area contributed by atoms with E-state index >= 15 is 0 Å². The number of fused-ring (bicyclic) bond motifs is 2. The Morgan fingerprint density at radius 2 is 1.39 bits per heavy atom. The number of hydrogen-bond donors (Lipinski definition) is 1. The molecule has 1 N–H and O–H groups in total. The molecule has 0 bridgehead atoms. The lowest BCUT2D eigenvalue weighted by molar-refractivity contribution is 0.112. The summed E-state index contributed by atoms with van der Waals surface area (Å²) in [6, 6.07) is 33.4. The second-order valence-electron chi connectivity index (χ2n) is 10.1. The molecule has 8 aromatic rings. The molecule has 0 unspecified atom stereocenters. The van der Waals surface area contributed by atoms with Gasteiger partial charge in [0.05, 0.1) is 28.7 Å². The van der Waals surface area contributed by atoms with Crippen LogP contribution in [-0.2, 0) is 6.61 Å². The number of aliphatic hydroxyl groups is 1. The van der Waals surface area contributed by atoms with Gasteiger partial charge in [-0.15, -0.1) is 0 Å². The van der Waals surface area contributed by atoms with E-state index in [0.717, 1.165) is 62.2 Å². The molecule has 4 heterocycles. The first kappa shape index (κ1) is 26.8. The minimum Gasteiger partial charge on any atom is -0.392 e. The highest BCUT2D eigenvalue weighted by atomic mass is 16.5. The largest absolute Gasteiger partial charge is 0.392 e. The molecule has 4 aromatic carbocycles. The van der Waals surface area contributed by atoms with E-state index in [-0.39, 0.29) is 6.61 Å². The smallest absolute Gasteiger partial charge is 0.150 e. The van der Waals surface area contributed by atoms with Gasteiger partial charge in [0.15, 0.2) is 0 Å². The SMILES string of the molecule is O=Cc1ccc2c(c1)ncn2-c1cccc(-c2ccon2)c1.OCc1ccc2c(c1)ncn2-c1cccc(-n2cccc2)c1. The number of hydrogen-bond acceptors (Lipinski definition) is 6. The summed E-state index contributed by atoms with van der Waals surface area (Å²) < 4.78 is 11.0. The van der Waals surface area contributed by atoms with Gasteiger partial charge < -0.3 is 14.2 Å². The average Bonchev–Trinajstić information content (AvgIpc) is 3.91. The molecule has 0 saturated heterocycles. The standard InChI is InChI=1S/C18H15N3O.C17H11N3O2/c22-12-14-6-7-18-17(10-14)19-13-21(18)16-5-3-4-15(11-16)20-8-1-2-9-20;21-10-12-4-5-17-16(8-12)18-11-20(17)14-3-1-2-13(9-14)15-6-7-22-19-15/h1-11,13,22H,12H2;1-11H. The maximum Gasteiger partial charge on any atom is 0.150 e. The number of nitrogens with zero attached hydrogens (tertiary/aromatic N) is 6. The third-order valence-electron chi connectivity index (χ3n) is 7.37. The summed E-state index contributed by atoms with van der Waals surface area (Å²) in [5.41, 5.74) is 10.0. The average molecular weight is 579 g/mol. The predicted octanol–water partition coefficient (Wildman–Crippen LogP) is 6.80. The molecular formula is C35H26N6O3. The van der Waals surface area contributed by atoms with E-state index in [1.165, 1.54) is 0 Å². The van der Waals surface area contributed by atoms with Crippen molar-refractivity contribution in [1.29, 1.82) is 0 Å². The van der Waals surface area contributed by atoms with E-state index in [4.69, 9.17) is 4.52 Å². The summed E-state index contributed by atoms with van der Waals surface area (Å²) in [7, 11) is 0. The van der Waals surface area contributed by atoms with Gasteiger partial charge in [0.25, 0.3) is 0 Å². The van der Waals surface area contributed by atoms with Crippen LogP contribution in [0.3, 0.4) is 0 Å². The molecule has 9 heteroatoms. The van der Waals surface area contributed by atoms with Crippen molar-refractivity contribution in [3.05, 3.63) is 146 Å². The zero-order valence-electron chi connectivity index (χ0n) is 23.4. The molecule has 44 heavy (non-hydrogen) atoms. The number of benzene rings is 4. The Balaban J connectivity index is 0.000000142. The van der Waals surface area contributed by atoms with E-state index < -0.39 is 0 Å². The molecule has 0 fully saturated rings. The van der Waals surface area contributed by atoms with Gasteiger partial charge in [0.2, 0.25) is 0 Å². The van der Waals surface area contributed by atoms with Gasteiger partial charge in [0, 0.05) is 46.6 Å². The fourth-order valence-electron chi connectivity index (χ4n) is 5.16. The molecule has 0 atom stereocenters. The second-order valence-corrected chi connectivity index (χ2v) is 10.1. The van der Waals surface area contributed by atoms with Gasteiger partial charge in [-0.1, -0.05) is 29.4 Å². The van der Waals surface area contributed by atoms with Crippen molar-refractivity contribution in [1.82, 2.24) is 28.8 Å². The van der Waals surface area contributed by atoms with E-state index in [1.54, 1.807) is 24.7 Å². The van der Waals surface area contributed by atoms with Crippen LogP contribution in [0.15, 0.2) is 139 Å². The van der Waals surface area contributed by atoms with Gasteiger partial charge >= 0.3 is 0 Å². The quantitative estimate of drug-likeness (QED) is 0.218. The van der Waals surface area contributed by atoms with Crippen LogP contribution in [0.25, 0.3) is 50.4 Å². The molecule has 214 valence electrons. The molecule has 0 aliphatic carbocycles. The number of imidazole rings is 2. The third-order valence-corrected chi connectivity index (χ3v) is 7.37. The van der Waals surface area contributed by atoms with Crippen LogP contribution in [0.4, 0.5) is 0 Å². The Hall–Kier alpha value is -6.06. The van der Waals surface area contributed by atoms with Crippen LogP contribution < -0.4 is 0 Å². The summed E-state index contributed by atoms with van der Waals surface area (Å²) in [6.07, 6.45) is 10.00. The first-order valence-corrected chi connectivity index (χ1v) is 13.9. The van der Waals surface area contributed by atoms with Crippen LogP contribution in [0.2, 0.25) is 0 Å². The Morgan fingerprint density at radius 1 is 0.705 bits per heavy atom. The van der Waals surface area contributed by atoms with Crippen LogP contribution in [0, 0.1) is 0 Å². The molecule has 0 aliphatic rings. The third kappa shape index (κ3) is 5.19. The molecule has 0 radical (unpaired) electrons. The number of aliphatic hydroxyl groups excluding tert-OH is 1. The Labute approximate surface area is 251 Å². The summed E-state index contributed by atoms with van der Waals surface area (Å²) in [5, 5.41) is 13.2. The van der Waals surface area contributed by atoms with Crippen molar-refractivity contribution in [3.63, 3.8) is 0 Å². The highest BCUT2D eigenvalue weighted by molar-refractivity contribution is 5.86. The molecule has 0 saturated carbocycles. The fraction of sp³-hybridized carbons (Fsp3) is 0.0286. The highest BCUT2D eigenvalue weighted by Gasteiger charge is 2.09. The molecule has 4 aromatic heterocycles. The molecular weight excluding hydrogens is 552 g/mol. The number of carbonyl (C=O) groups excluding carboxylic acids is 1. The maximum atomic E-state index is 10.9. The number of aromatic nitrogens is 6. The first-order valence-electron chi connectivity index (χ1n) is 13.9. The Bertz CT molecular complexity index is 2190. The topological polar surface area (TPSA) is 104 Å². The van der Waals surface area contributed by atoms with Gasteiger partial charge in [-0.25, -0.2) is 9.97 Å². The zero-order chi connectivity index (χ0) is 29.9. The van der Waals surface area contributed by atoms with Crippen LogP contribution in [0.5, 0.6) is 0 Å². The van der Waals surface area contributed by atoms with Crippen molar-refractivity contribution in [2.24, 2.45) is 0 Å². The van der Waals surface area contributed by atoms with Crippen LogP contribution in [-0.4, -0.2) is 40.2 Å². The van der Waals surface area contributed by atoms with E-state index in [9.17, 15) is 9.90 Å². The van der Waals surface area contributed by atoms with Crippen molar-refractivity contribution >= 4 is 28.4 Å². The second kappa shape index (κ2) is 11.7. The lowest BCUT2D eigenvalue weighted by atomic mass is 10.1. The summed E-state index contributed by atoms with van der Waals surface area (Å²) in [5.74, 6) is 0. The van der Waals surface area contributed by atoms with Crippen molar-refractivity contribution < 1.29 is 14.4 Å². The molecule has 9 nitrogen and oxygen atoms in total. The van der Waals surface area contributed by atoms with E-state index in [2.05, 4.69) is 42.5 Å². The normalized spacial score (nSPS) is 11.0. The fourth-order valence-corrected chi connectivity index (χ4v) is 5.16. The Morgan fingerprint density at radius 3 is 2.09 bits per heavy atom. The number of carbonyl (C=O) groups is 1. The molecule has 8 rings (SSSR count). The van der Waals surface area contributed by atoms with Crippen molar-refractivity contribution in [2.45, 2.75) is 6.61 Å². The van der Waals surface area contributed by atoms with Crippen LogP contribution >= 0.6 is 0 Å². The molecule has 0 spiro atoms. The number of aldehydes is 1. The zero-order valence-corrected chi connectivity index (χ0v) is 23.4. The van der Waals surface area contributed by atoms with E-state index in [1.807, 2.05) is 96.1 Å². The Kier molecular flexibility index (Phi) is 7.11. The monoisotopic (exact) mass is 578 g/mol. The lowest BCUT2D eigenvalue weighted by Gasteiger charge is -2.08. The maximum absolute atomic E-state index is 10.9. The van der Waals surface area contributed by atoms with Gasteiger partial charge in [0.1, 0.15) is 30.9 Å². The minimum atomic E-state index is 0.0336. The molecule has 0 amide bonds. The molecule has 0 aliphatic heterocycles. The summed E-state index contributed by atoms with van der Waals surface area (Å²) in [4.78, 5) is 19.7. The first-order chi connectivity index (χ1) is 21.7. The lowest BCUT2D eigenvalue weighted by Crippen LogP contribution is -1.95. The minimum absolute atomic E-state index is 0.0336. The van der Waals surface area contributed by atoms with E-state index in [0.29, 0.717) is 5.56 Å². The predicted molar refractivity (Wildman–Crippen MR) is 168 cm³/mol. The van der Waals surface area contributed by atoms with Gasteiger partial charge in [-0.2, -0.15) is 0 Å². The van der Waals surface area contributed by atoms with Crippen LogP contribution in [0.1, 0.15) is 15.9 Å².